The SMILES string of the molecule is CC1=CCC(c2cccc(-c3ccc4c(c3)C(C)(C)c3cc(-c5cccc(-c6ccc(C)nc6)n5)ccc3-4)n2)C=N1. The number of benzene rings is 2. The van der Waals surface area contributed by atoms with Crippen LogP contribution in [-0.2, 0) is 5.41 Å². The van der Waals surface area contributed by atoms with Crippen LogP contribution in [0.15, 0.2) is 108 Å². The lowest BCUT2D eigenvalue weighted by Gasteiger charge is -2.22. The summed E-state index contributed by atoms with van der Waals surface area (Å²) in [6, 6.07) is 30.3. The highest BCUT2D eigenvalue weighted by Gasteiger charge is 2.36. The van der Waals surface area contributed by atoms with Crippen molar-refractivity contribution < 1.29 is 0 Å². The van der Waals surface area contributed by atoms with Crippen LogP contribution in [0.5, 0.6) is 0 Å². The Kier molecular flexibility index (Phi) is 6.01. The fourth-order valence-electron chi connectivity index (χ4n) is 6.07. The maximum atomic E-state index is 5.07. The molecule has 1 aliphatic carbocycles. The van der Waals surface area contributed by atoms with Crippen LogP contribution in [0.2, 0.25) is 0 Å². The summed E-state index contributed by atoms with van der Waals surface area (Å²) in [5, 5.41) is 0. The molecule has 0 saturated heterocycles. The van der Waals surface area contributed by atoms with Gasteiger partial charge in [-0.2, -0.15) is 0 Å². The highest BCUT2D eigenvalue weighted by Crippen LogP contribution is 2.50. The molecule has 1 unspecified atom stereocenters. The number of rotatable bonds is 4. The van der Waals surface area contributed by atoms with Gasteiger partial charge in [-0.25, -0.2) is 4.98 Å². The third-order valence-corrected chi connectivity index (χ3v) is 8.50. The molecule has 0 amide bonds. The number of hydrogen-bond donors (Lipinski definition) is 0. The lowest BCUT2D eigenvalue weighted by molar-refractivity contribution is 0.661. The number of allylic oxidation sites excluding steroid dienone is 2. The molecule has 41 heavy (non-hydrogen) atoms. The van der Waals surface area contributed by atoms with E-state index in [-0.39, 0.29) is 11.3 Å². The predicted octanol–water partition coefficient (Wildman–Crippen LogP) is 8.95. The van der Waals surface area contributed by atoms with Gasteiger partial charge in [-0.1, -0.05) is 56.3 Å². The second-order valence-corrected chi connectivity index (χ2v) is 11.7. The molecule has 2 aliphatic rings. The third-order valence-electron chi connectivity index (χ3n) is 8.50. The molecule has 0 fully saturated rings. The van der Waals surface area contributed by atoms with E-state index in [0.29, 0.717) is 0 Å². The minimum absolute atomic E-state index is 0.148. The van der Waals surface area contributed by atoms with Crippen LogP contribution in [0.3, 0.4) is 0 Å². The van der Waals surface area contributed by atoms with Crippen LogP contribution in [0, 0.1) is 6.92 Å². The van der Waals surface area contributed by atoms with Crippen molar-refractivity contribution in [3.05, 3.63) is 125 Å². The normalized spacial score (nSPS) is 16.7. The first-order valence-electron chi connectivity index (χ1n) is 14.2. The second-order valence-electron chi connectivity index (χ2n) is 11.7. The Morgan fingerprint density at radius 2 is 1.29 bits per heavy atom. The first-order chi connectivity index (χ1) is 19.9. The predicted molar refractivity (Wildman–Crippen MR) is 168 cm³/mol. The Morgan fingerprint density at radius 1 is 0.683 bits per heavy atom. The van der Waals surface area contributed by atoms with Crippen molar-refractivity contribution in [1.82, 2.24) is 15.0 Å². The Balaban J connectivity index is 1.22. The lowest BCUT2D eigenvalue weighted by Crippen LogP contribution is -2.15. The zero-order valence-electron chi connectivity index (χ0n) is 23.9. The molecule has 4 nitrogen and oxygen atoms in total. The molecule has 1 aliphatic heterocycles. The zero-order chi connectivity index (χ0) is 28.1. The number of pyridine rings is 3. The van der Waals surface area contributed by atoms with Crippen molar-refractivity contribution in [3.63, 3.8) is 0 Å². The minimum Gasteiger partial charge on any atom is -0.266 e. The van der Waals surface area contributed by atoms with Crippen LogP contribution in [0.4, 0.5) is 0 Å². The van der Waals surface area contributed by atoms with E-state index in [9.17, 15) is 0 Å². The van der Waals surface area contributed by atoms with Gasteiger partial charge >= 0.3 is 0 Å². The van der Waals surface area contributed by atoms with E-state index in [1.54, 1.807) is 0 Å². The first kappa shape index (κ1) is 25.3. The number of fused-ring (bicyclic) bond motifs is 3. The maximum Gasteiger partial charge on any atom is 0.0725 e. The highest BCUT2D eigenvalue weighted by molar-refractivity contribution is 5.85. The summed E-state index contributed by atoms with van der Waals surface area (Å²) in [5.41, 5.74) is 14.5. The molecule has 0 saturated carbocycles. The fourth-order valence-corrected chi connectivity index (χ4v) is 6.07. The molecule has 2 aromatic carbocycles. The summed E-state index contributed by atoms with van der Waals surface area (Å²) in [7, 11) is 0. The molecule has 1 atom stereocenters. The molecule has 0 spiro atoms. The van der Waals surface area contributed by atoms with E-state index in [1.807, 2.05) is 38.4 Å². The summed E-state index contributed by atoms with van der Waals surface area (Å²) >= 11 is 0. The van der Waals surface area contributed by atoms with E-state index < -0.39 is 0 Å². The van der Waals surface area contributed by atoms with Crippen molar-refractivity contribution in [3.8, 4) is 44.9 Å². The zero-order valence-corrected chi connectivity index (χ0v) is 23.9. The standard InChI is InChI=1S/C37H32N4/c1-23-11-13-27(21-38-23)35-9-5-7-33(40-35)25-15-17-29-30-18-16-26(20-32(30)37(3,4)31(29)19-25)34-8-6-10-36(41-34)28-14-12-24(2)39-22-28/h5-13,15-22,28H,14H2,1-4H3. The Labute approximate surface area is 241 Å². The molecule has 3 aromatic heterocycles. The van der Waals surface area contributed by atoms with Crippen LogP contribution in [0.25, 0.3) is 44.9 Å². The maximum absolute atomic E-state index is 5.07. The first-order valence-corrected chi connectivity index (χ1v) is 14.2. The van der Waals surface area contributed by atoms with Crippen molar-refractivity contribution in [1.29, 1.82) is 0 Å². The van der Waals surface area contributed by atoms with Gasteiger partial charge < -0.3 is 0 Å². The van der Waals surface area contributed by atoms with Crippen LogP contribution in [-0.4, -0.2) is 21.2 Å². The van der Waals surface area contributed by atoms with E-state index >= 15 is 0 Å². The quantitative estimate of drug-likeness (QED) is 0.232. The van der Waals surface area contributed by atoms with Crippen LogP contribution < -0.4 is 0 Å². The third kappa shape index (κ3) is 4.50. The number of nitrogens with zero attached hydrogens (tertiary/aromatic N) is 4. The number of aromatic nitrogens is 3. The minimum atomic E-state index is -0.148. The van der Waals surface area contributed by atoms with Gasteiger partial charge in [-0.05, 0) is 91.1 Å². The van der Waals surface area contributed by atoms with Crippen LogP contribution in [0.1, 0.15) is 55.6 Å². The van der Waals surface area contributed by atoms with E-state index in [2.05, 4.69) is 103 Å². The van der Waals surface area contributed by atoms with Crippen molar-refractivity contribution in [2.75, 3.05) is 0 Å². The van der Waals surface area contributed by atoms with E-state index in [4.69, 9.17) is 9.97 Å². The highest BCUT2D eigenvalue weighted by atomic mass is 14.8. The van der Waals surface area contributed by atoms with Crippen molar-refractivity contribution in [2.24, 2.45) is 4.99 Å². The summed E-state index contributed by atoms with van der Waals surface area (Å²) in [4.78, 5) is 19.1. The van der Waals surface area contributed by atoms with Gasteiger partial charge in [-0.15, -0.1) is 0 Å². The second kappa shape index (κ2) is 9.74. The van der Waals surface area contributed by atoms with Crippen LogP contribution >= 0.6 is 0 Å². The van der Waals surface area contributed by atoms with Gasteiger partial charge in [-0.3, -0.25) is 15.0 Å². The molecule has 4 heterocycles. The number of aryl methyl sites for hydroxylation is 1. The molecule has 0 N–H and O–H groups in total. The molecule has 0 bridgehead atoms. The van der Waals surface area contributed by atoms with Gasteiger partial charge in [0.05, 0.1) is 17.1 Å². The molecule has 200 valence electrons. The van der Waals surface area contributed by atoms with E-state index in [0.717, 1.165) is 57.3 Å². The molecular weight excluding hydrogens is 500 g/mol. The van der Waals surface area contributed by atoms with Gasteiger partial charge in [0.2, 0.25) is 0 Å². The van der Waals surface area contributed by atoms with E-state index in [1.165, 1.54) is 22.3 Å². The number of hydrogen-bond acceptors (Lipinski definition) is 4. The molecule has 4 heteroatoms. The largest absolute Gasteiger partial charge is 0.266 e. The van der Waals surface area contributed by atoms with Gasteiger partial charge in [0.1, 0.15) is 0 Å². The smallest absolute Gasteiger partial charge is 0.0725 e. The fraction of sp³-hybridized carbons (Fsp3) is 0.189. The monoisotopic (exact) mass is 532 g/mol. The Morgan fingerprint density at radius 3 is 1.90 bits per heavy atom. The molecule has 7 rings (SSSR count). The molecular formula is C37H32N4. The topological polar surface area (TPSA) is 51.0 Å². The van der Waals surface area contributed by atoms with Gasteiger partial charge in [0.15, 0.2) is 0 Å². The lowest BCUT2D eigenvalue weighted by atomic mass is 9.81. The summed E-state index contributed by atoms with van der Waals surface area (Å²) < 4.78 is 0. The summed E-state index contributed by atoms with van der Waals surface area (Å²) in [5.74, 6) is 0.224. The number of aliphatic imine (C=N–C) groups is 1. The average Bonchev–Trinajstić information content (AvgIpc) is 3.23. The van der Waals surface area contributed by atoms with Gasteiger partial charge in [0.25, 0.3) is 0 Å². The van der Waals surface area contributed by atoms with Crippen molar-refractivity contribution in [2.45, 2.75) is 45.4 Å². The Hall–Kier alpha value is -4.70. The molecule has 0 radical (unpaired) electrons. The summed E-state index contributed by atoms with van der Waals surface area (Å²) in [6.07, 6.45) is 7.06. The molecule has 5 aromatic rings. The Bertz CT molecular complexity index is 1860. The van der Waals surface area contributed by atoms with Crippen molar-refractivity contribution >= 4 is 6.21 Å². The summed E-state index contributed by atoms with van der Waals surface area (Å²) in [6.45, 7) is 8.69. The van der Waals surface area contributed by atoms with Gasteiger partial charge in [0, 0.05) is 57.5 Å². The average molecular weight is 533 g/mol.